The number of benzene rings is 3. The first kappa shape index (κ1) is 11.9. The highest BCUT2D eigenvalue weighted by Crippen LogP contribution is 2.26. The molecule has 1 heteroatoms. The maximum Gasteiger partial charge on any atom is 0.0329 e. The van der Waals surface area contributed by atoms with Gasteiger partial charge in [-0.1, -0.05) is 42.5 Å². The molecule has 3 aromatic carbocycles. The van der Waals surface area contributed by atoms with Crippen molar-refractivity contribution in [3.63, 3.8) is 0 Å². The van der Waals surface area contributed by atoms with Crippen molar-refractivity contribution in [2.45, 2.75) is 12.5 Å². The highest BCUT2D eigenvalue weighted by atomic mass is 14.6. The minimum atomic E-state index is 0.0355. The largest absolute Gasteiger partial charge is 0.324 e. The Morgan fingerprint density at radius 1 is 0.895 bits per heavy atom. The minimum absolute atomic E-state index is 0.0355. The summed E-state index contributed by atoms with van der Waals surface area (Å²) in [6.45, 7) is 3.75. The molecular weight excluding hydrogens is 230 g/mol. The third kappa shape index (κ3) is 2.25. The van der Waals surface area contributed by atoms with E-state index in [2.05, 4.69) is 61.2 Å². The van der Waals surface area contributed by atoms with E-state index in [4.69, 9.17) is 5.73 Å². The second-order valence-electron chi connectivity index (χ2n) is 4.94. The summed E-state index contributed by atoms with van der Waals surface area (Å²) < 4.78 is 0. The molecule has 0 aromatic heterocycles. The molecule has 0 unspecified atom stereocenters. The van der Waals surface area contributed by atoms with Gasteiger partial charge >= 0.3 is 0 Å². The first-order chi connectivity index (χ1) is 9.28. The fourth-order valence-electron chi connectivity index (χ4n) is 2.50. The average Bonchev–Trinajstić information content (AvgIpc) is 2.44. The van der Waals surface area contributed by atoms with Gasteiger partial charge in [-0.05, 0) is 51.7 Å². The van der Waals surface area contributed by atoms with Crippen molar-refractivity contribution in [1.29, 1.82) is 0 Å². The summed E-state index contributed by atoms with van der Waals surface area (Å²) in [5.41, 5.74) is 7.31. The van der Waals surface area contributed by atoms with Crippen molar-refractivity contribution >= 4 is 21.5 Å². The number of hydrogen-bond acceptors (Lipinski definition) is 1. The minimum Gasteiger partial charge on any atom is -0.324 e. The van der Waals surface area contributed by atoms with E-state index in [0.717, 1.165) is 6.42 Å². The Hall–Kier alpha value is -2.12. The molecular formula is C18H17N. The van der Waals surface area contributed by atoms with Crippen LogP contribution in [0.5, 0.6) is 0 Å². The summed E-state index contributed by atoms with van der Waals surface area (Å²) in [4.78, 5) is 0. The third-order valence-corrected chi connectivity index (χ3v) is 3.58. The lowest BCUT2D eigenvalue weighted by Gasteiger charge is -2.11. The van der Waals surface area contributed by atoms with Gasteiger partial charge in [-0.25, -0.2) is 0 Å². The lowest BCUT2D eigenvalue weighted by Crippen LogP contribution is -2.08. The van der Waals surface area contributed by atoms with Gasteiger partial charge in [0.25, 0.3) is 0 Å². The number of rotatable bonds is 3. The molecule has 0 saturated carbocycles. The van der Waals surface area contributed by atoms with Crippen molar-refractivity contribution in [3.05, 3.63) is 72.8 Å². The first-order valence-electron chi connectivity index (χ1n) is 6.57. The third-order valence-electron chi connectivity index (χ3n) is 3.58. The average molecular weight is 247 g/mol. The lowest BCUT2D eigenvalue weighted by molar-refractivity contribution is 0.743. The van der Waals surface area contributed by atoms with Crippen LogP contribution in [0.2, 0.25) is 0 Å². The standard InChI is InChI=1S/C18H17N/c1-2-5-18(19)16-9-8-15-10-13-6-3-4-7-14(13)11-17(15)12-16/h2-4,6-12,18H,1,5,19H2/t18-/m1/s1. The Bertz CT molecular complexity index is 743. The Morgan fingerprint density at radius 3 is 2.21 bits per heavy atom. The van der Waals surface area contributed by atoms with Gasteiger partial charge < -0.3 is 5.73 Å². The summed E-state index contributed by atoms with van der Waals surface area (Å²) in [6.07, 6.45) is 2.67. The maximum atomic E-state index is 6.14. The molecule has 2 N–H and O–H groups in total. The fourth-order valence-corrected chi connectivity index (χ4v) is 2.50. The van der Waals surface area contributed by atoms with E-state index >= 15 is 0 Å². The van der Waals surface area contributed by atoms with Crippen LogP contribution in [0.4, 0.5) is 0 Å². The van der Waals surface area contributed by atoms with Crippen LogP contribution in [0.1, 0.15) is 18.0 Å². The van der Waals surface area contributed by atoms with E-state index in [9.17, 15) is 0 Å². The van der Waals surface area contributed by atoms with Gasteiger partial charge in [0.05, 0.1) is 0 Å². The fraction of sp³-hybridized carbons (Fsp3) is 0.111. The maximum absolute atomic E-state index is 6.14. The Balaban J connectivity index is 2.16. The number of fused-ring (bicyclic) bond motifs is 2. The summed E-state index contributed by atoms with van der Waals surface area (Å²) >= 11 is 0. The Labute approximate surface area is 113 Å². The van der Waals surface area contributed by atoms with Crippen LogP contribution in [-0.2, 0) is 0 Å². The van der Waals surface area contributed by atoms with E-state index in [1.165, 1.54) is 27.1 Å². The number of hydrogen-bond donors (Lipinski definition) is 1. The van der Waals surface area contributed by atoms with E-state index in [-0.39, 0.29) is 6.04 Å². The molecule has 0 aliphatic heterocycles. The zero-order chi connectivity index (χ0) is 13.2. The predicted octanol–water partition coefficient (Wildman–Crippen LogP) is 4.57. The van der Waals surface area contributed by atoms with E-state index < -0.39 is 0 Å². The molecule has 0 spiro atoms. The summed E-state index contributed by atoms with van der Waals surface area (Å²) in [7, 11) is 0. The summed E-state index contributed by atoms with van der Waals surface area (Å²) in [6, 6.07) is 19.4. The summed E-state index contributed by atoms with van der Waals surface area (Å²) in [5.74, 6) is 0. The van der Waals surface area contributed by atoms with Gasteiger partial charge in [-0.3, -0.25) is 0 Å². The van der Waals surface area contributed by atoms with E-state index in [0.29, 0.717) is 0 Å². The van der Waals surface area contributed by atoms with Crippen LogP contribution in [0.15, 0.2) is 67.3 Å². The molecule has 0 radical (unpaired) electrons. The summed E-state index contributed by atoms with van der Waals surface area (Å²) in [5, 5.41) is 5.05. The quantitative estimate of drug-likeness (QED) is 0.532. The first-order valence-corrected chi connectivity index (χ1v) is 6.57. The van der Waals surface area contributed by atoms with Crippen LogP contribution in [0.25, 0.3) is 21.5 Å². The van der Waals surface area contributed by atoms with Crippen molar-refractivity contribution in [2.24, 2.45) is 5.73 Å². The van der Waals surface area contributed by atoms with Gasteiger partial charge in [0.2, 0.25) is 0 Å². The normalized spacial score (nSPS) is 12.7. The highest BCUT2D eigenvalue weighted by molar-refractivity contribution is 5.98. The van der Waals surface area contributed by atoms with Crippen molar-refractivity contribution in [2.75, 3.05) is 0 Å². The zero-order valence-corrected chi connectivity index (χ0v) is 10.8. The molecule has 1 atom stereocenters. The molecule has 1 nitrogen and oxygen atoms in total. The monoisotopic (exact) mass is 247 g/mol. The molecule has 19 heavy (non-hydrogen) atoms. The van der Waals surface area contributed by atoms with Crippen LogP contribution in [0.3, 0.4) is 0 Å². The smallest absolute Gasteiger partial charge is 0.0329 e. The van der Waals surface area contributed by atoms with Gasteiger partial charge in [0, 0.05) is 6.04 Å². The zero-order valence-electron chi connectivity index (χ0n) is 10.8. The second kappa shape index (κ2) is 4.87. The van der Waals surface area contributed by atoms with Gasteiger partial charge in [0.15, 0.2) is 0 Å². The topological polar surface area (TPSA) is 26.0 Å². The van der Waals surface area contributed by atoms with Crippen molar-refractivity contribution in [1.82, 2.24) is 0 Å². The van der Waals surface area contributed by atoms with Gasteiger partial charge in [-0.2, -0.15) is 0 Å². The lowest BCUT2D eigenvalue weighted by atomic mass is 9.98. The molecule has 0 heterocycles. The van der Waals surface area contributed by atoms with Crippen LogP contribution in [-0.4, -0.2) is 0 Å². The Kier molecular flexibility index (Phi) is 3.06. The highest BCUT2D eigenvalue weighted by Gasteiger charge is 2.05. The molecule has 0 bridgehead atoms. The van der Waals surface area contributed by atoms with Crippen molar-refractivity contribution in [3.8, 4) is 0 Å². The molecule has 0 aliphatic carbocycles. The van der Waals surface area contributed by atoms with E-state index in [1.54, 1.807) is 0 Å². The van der Waals surface area contributed by atoms with Crippen LogP contribution < -0.4 is 5.73 Å². The molecule has 0 fully saturated rings. The predicted molar refractivity (Wildman–Crippen MR) is 83.2 cm³/mol. The van der Waals surface area contributed by atoms with Gasteiger partial charge in [0.1, 0.15) is 0 Å². The number of nitrogens with two attached hydrogens (primary N) is 1. The van der Waals surface area contributed by atoms with Crippen LogP contribution in [0, 0.1) is 0 Å². The van der Waals surface area contributed by atoms with Crippen LogP contribution >= 0.6 is 0 Å². The Morgan fingerprint density at radius 2 is 1.53 bits per heavy atom. The van der Waals surface area contributed by atoms with Crippen molar-refractivity contribution < 1.29 is 0 Å². The molecule has 0 amide bonds. The molecule has 0 saturated heterocycles. The van der Waals surface area contributed by atoms with Gasteiger partial charge in [-0.15, -0.1) is 6.58 Å². The SMILES string of the molecule is C=CC[C@@H](N)c1ccc2cc3ccccc3cc2c1. The molecule has 3 rings (SSSR count). The van der Waals surface area contributed by atoms with E-state index in [1.807, 2.05) is 6.08 Å². The molecule has 0 aliphatic rings. The molecule has 3 aromatic rings. The second-order valence-corrected chi connectivity index (χ2v) is 4.94. The molecule has 94 valence electrons.